The van der Waals surface area contributed by atoms with Crippen molar-refractivity contribution < 1.29 is 4.42 Å². The minimum atomic E-state index is 0.902. The fraction of sp³-hybridized carbons (Fsp3) is 0. The van der Waals surface area contributed by atoms with Gasteiger partial charge in [-0.3, -0.25) is 0 Å². The van der Waals surface area contributed by atoms with Crippen LogP contribution in [0.2, 0.25) is 0 Å². The zero-order valence-electron chi connectivity index (χ0n) is 19.6. The van der Waals surface area contributed by atoms with E-state index in [-0.39, 0.29) is 0 Å². The van der Waals surface area contributed by atoms with Crippen molar-refractivity contribution in [2.24, 2.45) is 0 Å². The Morgan fingerprint density at radius 2 is 1.11 bits per heavy atom. The molecule has 0 radical (unpaired) electrons. The van der Waals surface area contributed by atoms with Gasteiger partial charge in [0, 0.05) is 22.1 Å². The van der Waals surface area contributed by atoms with Gasteiger partial charge in [0.25, 0.3) is 0 Å². The van der Waals surface area contributed by atoms with Gasteiger partial charge in [0.05, 0.1) is 0 Å². The lowest BCUT2D eigenvalue weighted by atomic mass is 9.91. The van der Waals surface area contributed by atoms with E-state index in [1.54, 1.807) is 0 Å². The quantitative estimate of drug-likeness (QED) is 0.282. The van der Waals surface area contributed by atoms with Crippen LogP contribution < -0.4 is 5.32 Å². The van der Waals surface area contributed by atoms with Gasteiger partial charge in [-0.05, 0) is 69.4 Å². The molecule has 0 aliphatic heterocycles. The Hall–Kier alpha value is -4.82. The number of hydrogen-bond donors (Lipinski definition) is 1. The van der Waals surface area contributed by atoms with Crippen LogP contribution in [0.25, 0.3) is 55.0 Å². The first kappa shape index (κ1) is 20.5. The Balaban J connectivity index is 1.31. The van der Waals surface area contributed by atoms with Crippen LogP contribution in [0.5, 0.6) is 0 Å². The van der Waals surface area contributed by atoms with Gasteiger partial charge in [-0.15, -0.1) is 0 Å². The largest absolute Gasteiger partial charge is 0.456 e. The van der Waals surface area contributed by atoms with Crippen LogP contribution in [-0.4, -0.2) is 0 Å². The first-order valence-electron chi connectivity index (χ1n) is 12.2. The third kappa shape index (κ3) is 3.52. The van der Waals surface area contributed by atoms with E-state index in [1.807, 2.05) is 18.2 Å². The summed E-state index contributed by atoms with van der Waals surface area (Å²) in [5.74, 6) is 0. The van der Waals surface area contributed by atoms with E-state index >= 15 is 0 Å². The topological polar surface area (TPSA) is 25.2 Å². The maximum atomic E-state index is 6.00. The Morgan fingerprint density at radius 1 is 0.444 bits per heavy atom. The highest BCUT2D eigenvalue weighted by Gasteiger charge is 2.11. The van der Waals surface area contributed by atoms with Crippen LogP contribution in [0.1, 0.15) is 0 Å². The van der Waals surface area contributed by atoms with E-state index in [2.05, 4.69) is 121 Å². The van der Waals surface area contributed by atoms with Crippen LogP contribution >= 0.6 is 0 Å². The molecule has 2 heteroatoms. The molecule has 0 atom stereocenters. The van der Waals surface area contributed by atoms with Gasteiger partial charge in [-0.25, -0.2) is 0 Å². The highest BCUT2D eigenvalue weighted by Crippen LogP contribution is 2.38. The van der Waals surface area contributed by atoms with E-state index in [0.717, 1.165) is 33.3 Å². The number of rotatable bonds is 4. The Bertz CT molecular complexity index is 1860. The molecule has 0 bridgehead atoms. The van der Waals surface area contributed by atoms with Crippen LogP contribution in [0.3, 0.4) is 0 Å². The number of benzene rings is 6. The third-order valence-electron chi connectivity index (χ3n) is 6.83. The van der Waals surface area contributed by atoms with E-state index in [1.165, 1.54) is 33.0 Å². The van der Waals surface area contributed by atoms with Crippen molar-refractivity contribution in [2.75, 3.05) is 5.32 Å². The summed E-state index contributed by atoms with van der Waals surface area (Å²) in [6.07, 6.45) is 0. The number of anilines is 2. The number of fused-ring (bicyclic) bond motifs is 4. The monoisotopic (exact) mass is 461 g/mol. The number of nitrogens with one attached hydrogen (secondary N) is 1. The summed E-state index contributed by atoms with van der Waals surface area (Å²) < 4.78 is 6.00. The Kier molecular flexibility index (Phi) is 4.82. The molecule has 2 nitrogen and oxygen atoms in total. The third-order valence-corrected chi connectivity index (χ3v) is 6.83. The van der Waals surface area contributed by atoms with E-state index < -0.39 is 0 Å². The van der Waals surface area contributed by atoms with Crippen molar-refractivity contribution in [1.29, 1.82) is 0 Å². The SMILES string of the molecule is c1ccc(-c2cccc3cccc(-c4cccc(Nc5ccc6oc7ccccc7c6c5)c4)c23)cc1. The first-order valence-corrected chi connectivity index (χ1v) is 12.2. The zero-order valence-corrected chi connectivity index (χ0v) is 19.6. The molecule has 0 fully saturated rings. The minimum absolute atomic E-state index is 0.902. The molecular formula is C34H23NO. The van der Waals surface area contributed by atoms with Gasteiger partial charge >= 0.3 is 0 Å². The van der Waals surface area contributed by atoms with Crippen molar-refractivity contribution in [2.45, 2.75) is 0 Å². The second-order valence-corrected chi connectivity index (χ2v) is 9.09. The summed E-state index contributed by atoms with van der Waals surface area (Å²) >= 11 is 0. The maximum absolute atomic E-state index is 6.00. The summed E-state index contributed by atoms with van der Waals surface area (Å²) in [5.41, 5.74) is 8.79. The summed E-state index contributed by atoms with van der Waals surface area (Å²) in [6.45, 7) is 0. The molecule has 170 valence electrons. The molecule has 0 amide bonds. The first-order chi connectivity index (χ1) is 17.8. The average Bonchev–Trinajstić information content (AvgIpc) is 3.31. The molecule has 36 heavy (non-hydrogen) atoms. The van der Waals surface area contributed by atoms with Crippen LogP contribution in [0, 0.1) is 0 Å². The maximum Gasteiger partial charge on any atom is 0.135 e. The molecular weight excluding hydrogens is 438 g/mol. The van der Waals surface area contributed by atoms with Crippen LogP contribution in [0.15, 0.2) is 138 Å². The van der Waals surface area contributed by atoms with Crippen LogP contribution in [0.4, 0.5) is 11.4 Å². The number of furan rings is 1. The van der Waals surface area contributed by atoms with E-state index in [4.69, 9.17) is 4.42 Å². The van der Waals surface area contributed by atoms with Gasteiger partial charge in [0.1, 0.15) is 11.2 Å². The van der Waals surface area contributed by atoms with Crippen molar-refractivity contribution in [3.05, 3.63) is 133 Å². The fourth-order valence-corrected chi connectivity index (χ4v) is 5.17. The molecule has 1 aromatic heterocycles. The van der Waals surface area contributed by atoms with Gasteiger partial charge in [0.15, 0.2) is 0 Å². The van der Waals surface area contributed by atoms with E-state index in [0.29, 0.717) is 0 Å². The molecule has 0 aliphatic carbocycles. The summed E-state index contributed by atoms with van der Waals surface area (Å²) in [7, 11) is 0. The van der Waals surface area contributed by atoms with Crippen molar-refractivity contribution in [3.8, 4) is 22.3 Å². The second-order valence-electron chi connectivity index (χ2n) is 9.09. The molecule has 6 aromatic carbocycles. The summed E-state index contributed by atoms with van der Waals surface area (Å²) in [5, 5.41) is 8.38. The summed E-state index contributed by atoms with van der Waals surface area (Å²) in [6, 6.07) is 46.8. The highest BCUT2D eigenvalue weighted by atomic mass is 16.3. The van der Waals surface area contributed by atoms with Gasteiger partial charge in [-0.2, -0.15) is 0 Å². The predicted molar refractivity (Wildman–Crippen MR) is 152 cm³/mol. The van der Waals surface area contributed by atoms with Crippen molar-refractivity contribution >= 4 is 44.1 Å². The lowest BCUT2D eigenvalue weighted by molar-refractivity contribution is 0.669. The number of para-hydroxylation sites is 1. The van der Waals surface area contributed by atoms with Crippen LogP contribution in [-0.2, 0) is 0 Å². The Morgan fingerprint density at radius 3 is 1.97 bits per heavy atom. The fourth-order valence-electron chi connectivity index (χ4n) is 5.17. The molecule has 1 heterocycles. The molecule has 0 aliphatic rings. The standard InChI is InChI=1S/C34H23NO/c1-2-9-23(10-3-1)28-16-7-11-24-12-8-17-29(34(24)28)25-13-6-14-26(21-25)35-27-19-20-33-31(22-27)30-15-4-5-18-32(30)36-33/h1-22,35H. The van der Waals surface area contributed by atoms with Crippen molar-refractivity contribution in [3.63, 3.8) is 0 Å². The smallest absolute Gasteiger partial charge is 0.135 e. The molecule has 0 spiro atoms. The molecule has 1 N–H and O–H groups in total. The highest BCUT2D eigenvalue weighted by molar-refractivity contribution is 6.07. The molecule has 0 saturated carbocycles. The molecule has 7 rings (SSSR count). The van der Waals surface area contributed by atoms with Gasteiger partial charge in [0.2, 0.25) is 0 Å². The number of hydrogen-bond acceptors (Lipinski definition) is 2. The lowest BCUT2D eigenvalue weighted by Crippen LogP contribution is -1.91. The summed E-state index contributed by atoms with van der Waals surface area (Å²) in [4.78, 5) is 0. The van der Waals surface area contributed by atoms with Gasteiger partial charge in [-0.1, -0.05) is 97.1 Å². The molecule has 7 aromatic rings. The second kappa shape index (κ2) is 8.44. The zero-order chi connectivity index (χ0) is 23.9. The van der Waals surface area contributed by atoms with Gasteiger partial charge < -0.3 is 9.73 Å². The average molecular weight is 462 g/mol. The normalized spacial score (nSPS) is 11.3. The Labute approximate surface area is 209 Å². The lowest BCUT2D eigenvalue weighted by Gasteiger charge is -2.14. The predicted octanol–water partition coefficient (Wildman–Crippen LogP) is 9.82. The van der Waals surface area contributed by atoms with Crippen molar-refractivity contribution in [1.82, 2.24) is 0 Å². The molecule has 0 unspecified atom stereocenters. The minimum Gasteiger partial charge on any atom is -0.456 e. The van der Waals surface area contributed by atoms with E-state index in [9.17, 15) is 0 Å². The molecule has 0 saturated heterocycles.